The first-order valence-corrected chi connectivity index (χ1v) is 8.94. The third kappa shape index (κ3) is 7.68. The molecule has 1 N–H and O–H groups in total. The lowest BCUT2D eigenvalue weighted by Crippen LogP contribution is -2.20. The monoisotopic (exact) mass is 381 g/mol. The normalized spacial score (nSPS) is 15.9. The predicted octanol–water partition coefficient (Wildman–Crippen LogP) is 0.270. The van der Waals surface area contributed by atoms with Gasteiger partial charge in [0.05, 0.1) is 21.2 Å². The van der Waals surface area contributed by atoms with Crippen molar-refractivity contribution in [2.75, 3.05) is 0 Å². The SMILES string of the molecule is O=S(=O)(I)N[S+]([O-])I. The van der Waals surface area contributed by atoms with Gasteiger partial charge in [0.2, 0.25) is 0 Å². The van der Waals surface area contributed by atoms with Gasteiger partial charge in [-0.2, -0.15) is 8.42 Å². The molecule has 50 valence electrons. The van der Waals surface area contributed by atoms with Crippen LogP contribution in [0, 0.1) is 0 Å². The van der Waals surface area contributed by atoms with Crippen molar-refractivity contribution < 1.29 is 13.0 Å². The fraction of sp³-hybridized carbons (Fsp3) is 0. The lowest BCUT2D eigenvalue weighted by molar-refractivity contribution is 0.595. The van der Waals surface area contributed by atoms with E-state index in [2.05, 4.69) is 0 Å². The van der Waals surface area contributed by atoms with Gasteiger partial charge in [-0.1, -0.05) is 0 Å². The average molecular weight is 381 g/mol. The number of hydrogen-bond acceptors (Lipinski definition) is 3. The van der Waals surface area contributed by atoms with Gasteiger partial charge >= 0.3 is 7.19 Å². The molecular weight excluding hydrogens is 380 g/mol. The zero-order chi connectivity index (χ0) is 6.78. The maximum atomic E-state index is 10.1. The molecule has 0 aromatic heterocycles. The molecule has 0 aliphatic rings. The lowest BCUT2D eigenvalue weighted by Gasteiger charge is -1.95. The largest absolute Gasteiger partial charge is 0.589 e. The highest BCUT2D eigenvalue weighted by molar-refractivity contribution is 14.2. The molecule has 0 aromatic carbocycles. The number of nitrogens with one attached hydrogen (secondary N) is 1. The van der Waals surface area contributed by atoms with Crippen LogP contribution in [-0.2, 0) is 15.7 Å². The van der Waals surface area contributed by atoms with Crippen molar-refractivity contribution in [3.8, 4) is 0 Å². The van der Waals surface area contributed by atoms with E-state index in [0.717, 1.165) is 21.2 Å². The Morgan fingerprint density at radius 1 is 1.62 bits per heavy atom. The van der Waals surface area contributed by atoms with Crippen LogP contribution in [-0.4, -0.2) is 13.0 Å². The Labute approximate surface area is 74.3 Å². The molecule has 0 saturated carbocycles. The van der Waals surface area contributed by atoms with E-state index in [0.29, 0.717) is 0 Å². The van der Waals surface area contributed by atoms with Crippen LogP contribution in [0.3, 0.4) is 0 Å². The zero-order valence-corrected chi connectivity index (χ0v) is 9.25. The van der Waals surface area contributed by atoms with Gasteiger partial charge in [0.25, 0.3) is 21.2 Å². The van der Waals surface area contributed by atoms with Crippen LogP contribution in [0.1, 0.15) is 0 Å². The molecule has 0 aliphatic heterocycles. The van der Waals surface area contributed by atoms with E-state index >= 15 is 0 Å². The Balaban J connectivity index is 3.75. The summed E-state index contributed by atoms with van der Waals surface area (Å²) in [5.41, 5.74) is 0. The third-order valence-corrected chi connectivity index (χ3v) is 4.72. The molecule has 0 fully saturated rings. The van der Waals surface area contributed by atoms with E-state index in [1.807, 2.05) is 0 Å². The summed E-state index contributed by atoms with van der Waals surface area (Å²) in [6.07, 6.45) is 0. The van der Waals surface area contributed by atoms with Crippen molar-refractivity contribution in [2.24, 2.45) is 0 Å². The zero-order valence-electron chi connectivity index (χ0n) is 3.30. The Morgan fingerprint density at radius 3 is 2.00 bits per heavy atom. The van der Waals surface area contributed by atoms with Crippen LogP contribution in [0.2, 0.25) is 0 Å². The highest BCUT2D eigenvalue weighted by atomic mass is 127. The molecule has 0 amide bonds. The van der Waals surface area contributed by atoms with E-state index in [9.17, 15) is 13.0 Å². The van der Waals surface area contributed by atoms with Crippen molar-refractivity contribution in [3.05, 3.63) is 0 Å². The minimum Gasteiger partial charge on any atom is -0.589 e. The van der Waals surface area contributed by atoms with Crippen LogP contribution in [0.25, 0.3) is 0 Å². The van der Waals surface area contributed by atoms with E-state index < -0.39 is 15.7 Å². The Kier molecular flexibility index (Phi) is 4.54. The first-order valence-electron chi connectivity index (χ1n) is 1.22. The molecule has 8 heavy (non-hydrogen) atoms. The minimum atomic E-state index is -3.31. The number of halogens is 2. The van der Waals surface area contributed by atoms with Gasteiger partial charge in [-0.05, 0) is 4.13 Å². The second kappa shape index (κ2) is 3.75. The van der Waals surface area contributed by atoms with Gasteiger partial charge in [0.1, 0.15) is 8.53 Å². The van der Waals surface area contributed by atoms with Gasteiger partial charge < -0.3 is 4.55 Å². The van der Waals surface area contributed by atoms with Crippen molar-refractivity contribution in [3.63, 3.8) is 0 Å². The Morgan fingerprint density at radius 2 is 2.00 bits per heavy atom. The van der Waals surface area contributed by atoms with Crippen LogP contribution in [0.5, 0.6) is 0 Å². The Bertz CT molecular complexity index is 149. The van der Waals surface area contributed by atoms with E-state index in [4.69, 9.17) is 0 Å². The molecule has 0 spiro atoms. The quantitative estimate of drug-likeness (QED) is 0.424. The highest BCUT2D eigenvalue weighted by Gasteiger charge is 2.10. The van der Waals surface area contributed by atoms with Gasteiger partial charge in [0.15, 0.2) is 0 Å². The van der Waals surface area contributed by atoms with Crippen LogP contribution in [0.15, 0.2) is 0 Å². The summed E-state index contributed by atoms with van der Waals surface area (Å²) in [4.78, 5) is 0. The van der Waals surface area contributed by atoms with Crippen molar-refractivity contribution in [1.29, 1.82) is 0 Å². The van der Waals surface area contributed by atoms with Gasteiger partial charge in [-0.25, -0.2) is 0 Å². The molecular formula is HI2NO3S2. The molecule has 0 bridgehead atoms. The summed E-state index contributed by atoms with van der Waals surface area (Å²) in [6, 6.07) is 0. The maximum absolute atomic E-state index is 10.1. The summed E-state index contributed by atoms with van der Waals surface area (Å²) in [6.45, 7) is 0. The molecule has 1 atom stereocenters. The first kappa shape index (κ1) is 9.68. The topological polar surface area (TPSA) is 69.2 Å². The molecule has 0 heterocycles. The summed E-state index contributed by atoms with van der Waals surface area (Å²) in [7, 11) is -4.82. The fourth-order valence-electron chi connectivity index (χ4n) is 0.0783. The Hall–Kier alpha value is 1.68. The van der Waals surface area contributed by atoms with Crippen LogP contribution >= 0.6 is 42.4 Å². The smallest absolute Gasteiger partial charge is 0.304 e. The molecule has 0 aromatic rings. The highest BCUT2D eigenvalue weighted by Crippen LogP contribution is 2.03. The minimum absolute atomic E-state index is 1.16. The summed E-state index contributed by atoms with van der Waals surface area (Å²) < 4.78 is 32.1. The summed E-state index contributed by atoms with van der Waals surface area (Å²) in [5, 5.41) is 0. The van der Waals surface area contributed by atoms with Gasteiger partial charge in [-0.15, -0.1) is 0 Å². The average Bonchev–Trinajstić information content (AvgIpc) is 1.21. The second-order valence-electron chi connectivity index (χ2n) is 0.745. The van der Waals surface area contributed by atoms with Crippen molar-refractivity contribution >= 4 is 58.1 Å². The van der Waals surface area contributed by atoms with E-state index in [1.54, 1.807) is 4.13 Å². The predicted molar refractivity (Wildman–Crippen MR) is 48.2 cm³/mol. The molecule has 4 nitrogen and oxygen atoms in total. The molecule has 8 heteroatoms. The standard InChI is InChI=1S/HI2NO3S2/c1-7(4)3-8(2,5)6/h3H. The molecule has 0 aliphatic carbocycles. The lowest BCUT2D eigenvalue weighted by atomic mass is 13.9. The second-order valence-corrected chi connectivity index (χ2v) is 8.61. The maximum Gasteiger partial charge on any atom is 0.304 e. The van der Waals surface area contributed by atoms with Crippen molar-refractivity contribution in [1.82, 2.24) is 4.13 Å². The molecule has 0 radical (unpaired) electrons. The van der Waals surface area contributed by atoms with Crippen LogP contribution in [0.4, 0.5) is 0 Å². The number of hydrogen-bond donors (Lipinski definition) is 1. The summed E-state index contributed by atoms with van der Waals surface area (Å²) in [5.74, 6) is 0. The van der Waals surface area contributed by atoms with Crippen molar-refractivity contribution in [2.45, 2.75) is 0 Å². The summed E-state index contributed by atoms with van der Waals surface area (Å²) >= 11 is 2.60. The number of rotatable bonds is 2. The van der Waals surface area contributed by atoms with Gasteiger partial charge in [-0.3, -0.25) is 0 Å². The fourth-order valence-corrected chi connectivity index (χ4v) is 7.40. The molecule has 0 rings (SSSR count). The third-order valence-electron chi connectivity index (χ3n) is 0.165. The molecule has 0 saturated heterocycles. The van der Waals surface area contributed by atoms with Crippen LogP contribution < -0.4 is 4.13 Å². The first-order chi connectivity index (χ1) is 3.42. The van der Waals surface area contributed by atoms with Gasteiger partial charge in [0, 0.05) is 0 Å². The van der Waals surface area contributed by atoms with E-state index in [-0.39, 0.29) is 0 Å². The van der Waals surface area contributed by atoms with E-state index in [1.165, 1.54) is 21.2 Å². The molecule has 1 unspecified atom stereocenters.